The van der Waals surface area contributed by atoms with Gasteiger partial charge in [-0.15, -0.1) is 0 Å². The zero-order chi connectivity index (χ0) is 15.4. The van der Waals surface area contributed by atoms with E-state index < -0.39 is 11.6 Å². The van der Waals surface area contributed by atoms with Gasteiger partial charge in [0.05, 0.1) is 0 Å². The van der Waals surface area contributed by atoms with Crippen molar-refractivity contribution in [2.45, 2.75) is 25.5 Å². The molecule has 116 valence electrons. The van der Waals surface area contributed by atoms with Gasteiger partial charge in [0.15, 0.2) is 0 Å². The quantitative estimate of drug-likeness (QED) is 0.846. The standard InChI is InChI=1S/C18H19F2NO/c19-15-10-16(20)12-18(11-15)22-17-6-8-21(9-7-17)13-14-4-2-1-3-5-14/h1-5,10-12,17H,6-9,13H2. The summed E-state index contributed by atoms with van der Waals surface area (Å²) in [7, 11) is 0. The van der Waals surface area contributed by atoms with Crippen molar-refractivity contribution < 1.29 is 13.5 Å². The molecule has 0 amide bonds. The molecule has 2 nitrogen and oxygen atoms in total. The van der Waals surface area contributed by atoms with Crippen LogP contribution in [0.5, 0.6) is 5.75 Å². The molecule has 0 atom stereocenters. The van der Waals surface area contributed by atoms with Gasteiger partial charge in [0.2, 0.25) is 0 Å². The first kappa shape index (κ1) is 15.0. The van der Waals surface area contributed by atoms with Crippen LogP contribution in [0.25, 0.3) is 0 Å². The average molecular weight is 303 g/mol. The van der Waals surface area contributed by atoms with Crippen molar-refractivity contribution >= 4 is 0 Å². The van der Waals surface area contributed by atoms with Gasteiger partial charge in [-0.05, 0) is 18.4 Å². The average Bonchev–Trinajstić information content (AvgIpc) is 2.49. The molecule has 0 aromatic heterocycles. The van der Waals surface area contributed by atoms with E-state index in [2.05, 4.69) is 17.0 Å². The number of benzene rings is 2. The maximum absolute atomic E-state index is 13.2. The summed E-state index contributed by atoms with van der Waals surface area (Å²) in [6.45, 7) is 2.79. The molecule has 2 aromatic carbocycles. The first-order valence-corrected chi connectivity index (χ1v) is 7.58. The molecule has 0 N–H and O–H groups in total. The van der Waals surface area contributed by atoms with Crippen LogP contribution in [-0.4, -0.2) is 24.1 Å². The predicted molar refractivity (Wildman–Crippen MR) is 81.7 cm³/mol. The second-order valence-electron chi connectivity index (χ2n) is 5.68. The number of hydrogen-bond acceptors (Lipinski definition) is 2. The van der Waals surface area contributed by atoms with Crippen LogP contribution in [-0.2, 0) is 6.54 Å². The van der Waals surface area contributed by atoms with Crippen molar-refractivity contribution in [1.82, 2.24) is 4.90 Å². The fraction of sp³-hybridized carbons (Fsp3) is 0.333. The zero-order valence-electron chi connectivity index (χ0n) is 12.3. The molecule has 0 saturated carbocycles. The van der Waals surface area contributed by atoms with Crippen LogP contribution in [0.1, 0.15) is 18.4 Å². The highest BCUT2D eigenvalue weighted by Crippen LogP contribution is 2.22. The highest BCUT2D eigenvalue weighted by atomic mass is 19.1. The Kier molecular flexibility index (Phi) is 4.68. The molecule has 22 heavy (non-hydrogen) atoms. The minimum absolute atomic E-state index is 0.0215. The lowest BCUT2D eigenvalue weighted by molar-refractivity contribution is 0.0963. The van der Waals surface area contributed by atoms with E-state index in [0.717, 1.165) is 38.5 Å². The Morgan fingerprint density at radius 2 is 1.59 bits per heavy atom. The molecule has 4 heteroatoms. The van der Waals surface area contributed by atoms with Crippen LogP contribution in [0, 0.1) is 11.6 Å². The molecule has 2 aromatic rings. The van der Waals surface area contributed by atoms with Gasteiger partial charge >= 0.3 is 0 Å². The molecule has 3 rings (SSSR count). The Hall–Kier alpha value is -1.94. The van der Waals surface area contributed by atoms with Crippen LogP contribution in [0.4, 0.5) is 8.78 Å². The second kappa shape index (κ2) is 6.88. The van der Waals surface area contributed by atoms with Gasteiger partial charge in [-0.3, -0.25) is 4.90 Å². The molecule has 0 spiro atoms. The third-order valence-corrected chi connectivity index (χ3v) is 3.92. The number of likely N-dealkylation sites (tertiary alicyclic amines) is 1. The molecule has 0 aliphatic carbocycles. The summed E-state index contributed by atoms with van der Waals surface area (Å²) in [6.07, 6.45) is 1.75. The molecule has 0 radical (unpaired) electrons. The van der Waals surface area contributed by atoms with E-state index in [-0.39, 0.29) is 11.9 Å². The summed E-state index contributed by atoms with van der Waals surface area (Å²) in [5.74, 6) is -0.924. The first-order valence-electron chi connectivity index (χ1n) is 7.58. The summed E-state index contributed by atoms with van der Waals surface area (Å²) in [5, 5.41) is 0. The van der Waals surface area contributed by atoms with Gasteiger partial charge in [0, 0.05) is 37.8 Å². The maximum atomic E-state index is 13.2. The summed E-state index contributed by atoms with van der Waals surface area (Å²) in [6, 6.07) is 13.7. The highest BCUT2D eigenvalue weighted by Gasteiger charge is 2.20. The van der Waals surface area contributed by atoms with Gasteiger partial charge in [0.1, 0.15) is 23.5 Å². The molecule has 1 aliphatic rings. The van der Waals surface area contributed by atoms with Gasteiger partial charge in [-0.1, -0.05) is 30.3 Å². The van der Waals surface area contributed by atoms with E-state index in [4.69, 9.17) is 4.74 Å². The lowest BCUT2D eigenvalue weighted by Gasteiger charge is -2.32. The molecular formula is C18H19F2NO. The van der Waals surface area contributed by atoms with Crippen LogP contribution >= 0.6 is 0 Å². The highest BCUT2D eigenvalue weighted by molar-refractivity contribution is 5.24. The smallest absolute Gasteiger partial charge is 0.129 e. The van der Waals surface area contributed by atoms with E-state index in [1.54, 1.807) is 0 Å². The monoisotopic (exact) mass is 303 g/mol. The molecule has 1 saturated heterocycles. The fourth-order valence-electron chi connectivity index (χ4n) is 2.82. The van der Waals surface area contributed by atoms with Crippen molar-refractivity contribution in [3.63, 3.8) is 0 Å². The lowest BCUT2D eigenvalue weighted by atomic mass is 10.1. The van der Waals surface area contributed by atoms with E-state index >= 15 is 0 Å². The third-order valence-electron chi connectivity index (χ3n) is 3.92. The molecule has 0 bridgehead atoms. The summed E-state index contributed by atoms with van der Waals surface area (Å²) >= 11 is 0. The van der Waals surface area contributed by atoms with Crippen molar-refractivity contribution in [2.75, 3.05) is 13.1 Å². The number of halogens is 2. The normalized spacial score (nSPS) is 16.6. The lowest BCUT2D eigenvalue weighted by Crippen LogP contribution is -2.37. The van der Waals surface area contributed by atoms with Crippen LogP contribution in [0.15, 0.2) is 48.5 Å². The number of rotatable bonds is 4. The maximum Gasteiger partial charge on any atom is 0.129 e. The Bertz CT molecular complexity index is 589. The number of piperidine rings is 1. The van der Waals surface area contributed by atoms with Gasteiger partial charge in [-0.25, -0.2) is 8.78 Å². The van der Waals surface area contributed by atoms with E-state index in [1.165, 1.54) is 17.7 Å². The summed E-state index contributed by atoms with van der Waals surface area (Å²) in [5.41, 5.74) is 1.30. The Morgan fingerprint density at radius 1 is 0.955 bits per heavy atom. The van der Waals surface area contributed by atoms with Gasteiger partial charge < -0.3 is 4.74 Å². The Labute approximate surface area is 129 Å². The Morgan fingerprint density at radius 3 is 2.23 bits per heavy atom. The van der Waals surface area contributed by atoms with E-state index in [0.29, 0.717) is 0 Å². The number of ether oxygens (including phenoxy) is 1. The first-order chi connectivity index (χ1) is 10.7. The largest absolute Gasteiger partial charge is 0.490 e. The van der Waals surface area contributed by atoms with Crippen LogP contribution in [0.2, 0.25) is 0 Å². The third kappa shape index (κ3) is 4.04. The minimum Gasteiger partial charge on any atom is -0.490 e. The van der Waals surface area contributed by atoms with E-state index in [9.17, 15) is 8.78 Å². The van der Waals surface area contributed by atoms with Crippen molar-refractivity contribution in [3.05, 3.63) is 65.7 Å². The minimum atomic E-state index is -0.600. The molecule has 0 unspecified atom stereocenters. The van der Waals surface area contributed by atoms with Crippen molar-refractivity contribution in [1.29, 1.82) is 0 Å². The van der Waals surface area contributed by atoms with Crippen molar-refractivity contribution in [2.24, 2.45) is 0 Å². The predicted octanol–water partition coefficient (Wildman–Crippen LogP) is 4.01. The topological polar surface area (TPSA) is 12.5 Å². The number of hydrogen-bond donors (Lipinski definition) is 0. The molecule has 1 heterocycles. The molecule has 1 aliphatic heterocycles. The van der Waals surface area contributed by atoms with Crippen LogP contribution < -0.4 is 4.74 Å². The summed E-state index contributed by atoms with van der Waals surface area (Å²) < 4.78 is 32.0. The van der Waals surface area contributed by atoms with Gasteiger partial charge in [-0.2, -0.15) is 0 Å². The van der Waals surface area contributed by atoms with Gasteiger partial charge in [0.25, 0.3) is 0 Å². The SMILES string of the molecule is Fc1cc(F)cc(OC2CCN(Cc3ccccc3)CC2)c1. The van der Waals surface area contributed by atoms with Crippen LogP contribution in [0.3, 0.4) is 0 Å². The summed E-state index contributed by atoms with van der Waals surface area (Å²) in [4.78, 5) is 2.38. The van der Waals surface area contributed by atoms with E-state index in [1.807, 2.05) is 18.2 Å². The fourth-order valence-corrected chi connectivity index (χ4v) is 2.82. The Balaban J connectivity index is 1.51. The molecule has 1 fully saturated rings. The molecular weight excluding hydrogens is 284 g/mol. The van der Waals surface area contributed by atoms with Crippen molar-refractivity contribution in [3.8, 4) is 5.75 Å². The number of nitrogens with zero attached hydrogens (tertiary/aromatic N) is 1. The zero-order valence-corrected chi connectivity index (χ0v) is 12.3. The second-order valence-corrected chi connectivity index (χ2v) is 5.68.